The van der Waals surface area contributed by atoms with E-state index in [0.717, 1.165) is 0 Å². The molecule has 0 aliphatic heterocycles. The molecule has 18 heavy (non-hydrogen) atoms. The summed E-state index contributed by atoms with van der Waals surface area (Å²) in [5, 5.41) is 0. The van der Waals surface area contributed by atoms with Gasteiger partial charge < -0.3 is 0 Å². The maximum absolute atomic E-state index is 10.7. The SMILES string of the molecule is CC.O=S(=O)(O)C(F)(F)F.O=S(=O)(O)C(F)(F)F. The minimum atomic E-state index is -5.84. The molecular weight excluding hydrogens is 322 g/mol. The number of alkyl halides is 6. The molecule has 0 saturated heterocycles. The second kappa shape index (κ2) is 7.10. The molecule has 0 unspecified atom stereocenters. The second-order valence-corrected chi connectivity index (χ2v) is 4.67. The molecule has 0 aliphatic rings. The highest BCUT2D eigenvalue weighted by atomic mass is 32.2. The number of hydrogen-bond donors (Lipinski definition) is 2. The van der Waals surface area contributed by atoms with Gasteiger partial charge in [-0.2, -0.15) is 43.2 Å². The maximum Gasteiger partial charge on any atom is 0.522 e. The van der Waals surface area contributed by atoms with Crippen LogP contribution in [-0.4, -0.2) is 37.0 Å². The van der Waals surface area contributed by atoms with E-state index in [9.17, 15) is 26.3 Å². The van der Waals surface area contributed by atoms with E-state index in [2.05, 4.69) is 0 Å². The molecule has 0 radical (unpaired) electrons. The van der Waals surface area contributed by atoms with Crippen LogP contribution in [0.15, 0.2) is 0 Å². The lowest BCUT2D eigenvalue weighted by molar-refractivity contribution is -0.0514. The van der Waals surface area contributed by atoms with Crippen molar-refractivity contribution in [3.05, 3.63) is 0 Å². The predicted octanol–water partition coefficient (Wildman–Crippen LogP) is 1.81. The van der Waals surface area contributed by atoms with Crippen molar-refractivity contribution in [2.45, 2.75) is 24.9 Å². The summed E-state index contributed by atoms with van der Waals surface area (Å²) in [5.41, 5.74) is -11.1. The van der Waals surface area contributed by atoms with E-state index in [1.807, 2.05) is 13.8 Å². The Morgan fingerprint density at radius 3 is 0.722 bits per heavy atom. The number of hydrogen-bond acceptors (Lipinski definition) is 4. The van der Waals surface area contributed by atoms with Gasteiger partial charge >= 0.3 is 31.3 Å². The Morgan fingerprint density at radius 1 is 0.667 bits per heavy atom. The molecular formula is C4H8F6O6S2. The molecule has 0 heterocycles. The molecule has 14 heteroatoms. The van der Waals surface area contributed by atoms with Crippen LogP contribution >= 0.6 is 0 Å². The van der Waals surface area contributed by atoms with Gasteiger partial charge in [-0.25, -0.2) is 0 Å². The van der Waals surface area contributed by atoms with Crippen molar-refractivity contribution in [1.82, 2.24) is 0 Å². The summed E-state index contributed by atoms with van der Waals surface area (Å²) in [6.45, 7) is 4.00. The highest BCUT2D eigenvalue weighted by Gasteiger charge is 2.45. The third kappa shape index (κ3) is 10.5. The van der Waals surface area contributed by atoms with Crippen LogP contribution in [0, 0.1) is 0 Å². The first-order chi connectivity index (χ1) is 7.50. The standard InChI is InChI=1S/C2H6.2CHF3O3S/c1-2;2*2-1(3,4)8(5,6)7/h1-2H3;2*(H,5,6,7). The van der Waals surface area contributed by atoms with E-state index >= 15 is 0 Å². The summed E-state index contributed by atoms with van der Waals surface area (Å²) >= 11 is 0. The Hall–Kier alpha value is -0.600. The van der Waals surface area contributed by atoms with Crippen molar-refractivity contribution >= 4 is 20.2 Å². The molecule has 0 rings (SSSR count). The lowest BCUT2D eigenvalue weighted by Crippen LogP contribution is -2.21. The van der Waals surface area contributed by atoms with Crippen LogP contribution in [0.3, 0.4) is 0 Å². The van der Waals surface area contributed by atoms with E-state index in [-0.39, 0.29) is 0 Å². The molecule has 0 amide bonds. The van der Waals surface area contributed by atoms with Crippen molar-refractivity contribution in [3.8, 4) is 0 Å². The molecule has 0 saturated carbocycles. The zero-order valence-electron chi connectivity index (χ0n) is 8.61. The second-order valence-electron chi connectivity index (χ2n) is 1.84. The summed E-state index contributed by atoms with van der Waals surface area (Å²) < 4.78 is 115. The fraction of sp³-hybridized carbons (Fsp3) is 1.00. The van der Waals surface area contributed by atoms with E-state index in [1.165, 1.54) is 0 Å². The van der Waals surface area contributed by atoms with Crippen LogP contribution in [0.2, 0.25) is 0 Å². The third-order valence-corrected chi connectivity index (χ3v) is 1.75. The highest BCUT2D eigenvalue weighted by Crippen LogP contribution is 2.21. The van der Waals surface area contributed by atoms with Gasteiger partial charge in [0.1, 0.15) is 0 Å². The van der Waals surface area contributed by atoms with Crippen LogP contribution in [0.1, 0.15) is 13.8 Å². The van der Waals surface area contributed by atoms with E-state index in [4.69, 9.17) is 25.9 Å². The summed E-state index contributed by atoms with van der Waals surface area (Å²) in [6.07, 6.45) is 0. The van der Waals surface area contributed by atoms with Crippen LogP contribution < -0.4 is 0 Å². The molecule has 2 N–H and O–H groups in total. The van der Waals surface area contributed by atoms with Gasteiger partial charge in [0.25, 0.3) is 0 Å². The van der Waals surface area contributed by atoms with E-state index in [1.54, 1.807) is 0 Å². The van der Waals surface area contributed by atoms with Gasteiger partial charge in [0, 0.05) is 0 Å². The molecule has 0 aromatic rings. The molecule has 114 valence electrons. The fourth-order valence-corrected chi connectivity index (χ4v) is 0. The first kappa shape index (κ1) is 22.6. The van der Waals surface area contributed by atoms with Gasteiger partial charge in [-0.05, 0) is 0 Å². The number of halogens is 6. The summed E-state index contributed by atoms with van der Waals surface area (Å²) in [6, 6.07) is 0. The zero-order chi connectivity index (χ0) is 16.0. The van der Waals surface area contributed by atoms with Gasteiger partial charge in [0.05, 0.1) is 0 Å². The predicted molar refractivity (Wildman–Crippen MR) is 46.6 cm³/mol. The van der Waals surface area contributed by atoms with Crippen LogP contribution in [0.4, 0.5) is 26.3 Å². The van der Waals surface area contributed by atoms with E-state index in [0.29, 0.717) is 0 Å². The largest absolute Gasteiger partial charge is 0.522 e. The molecule has 0 bridgehead atoms. The normalized spacial score (nSPS) is 12.8. The minimum absolute atomic E-state index is 2.00. The number of rotatable bonds is 0. The first-order valence-corrected chi connectivity index (χ1v) is 6.45. The smallest absolute Gasteiger partial charge is 0.279 e. The maximum atomic E-state index is 10.7. The molecule has 0 aromatic carbocycles. The Morgan fingerprint density at radius 2 is 0.722 bits per heavy atom. The first-order valence-electron chi connectivity index (χ1n) is 3.57. The zero-order valence-corrected chi connectivity index (χ0v) is 10.2. The summed E-state index contributed by atoms with van der Waals surface area (Å²) in [5.74, 6) is 0. The molecule has 6 nitrogen and oxygen atoms in total. The van der Waals surface area contributed by atoms with Gasteiger partial charge in [-0.15, -0.1) is 0 Å². The van der Waals surface area contributed by atoms with Gasteiger partial charge in [-0.3, -0.25) is 9.11 Å². The van der Waals surface area contributed by atoms with Gasteiger partial charge in [-0.1, -0.05) is 13.8 Å². The molecule has 0 atom stereocenters. The van der Waals surface area contributed by atoms with Crippen LogP contribution in [-0.2, 0) is 20.2 Å². The fourth-order valence-electron chi connectivity index (χ4n) is 0. The van der Waals surface area contributed by atoms with Crippen LogP contribution in [0.25, 0.3) is 0 Å². The minimum Gasteiger partial charge on any atom is -0.279 e. The summed E-state index contributed by atoms with van der Waals surface area (Å²) in [7, 11) is -11.7. The molecule has 0 aromatic heterocycles. The topological polar surface area (TPSA) is 109 Å². The lowest BCUT2D eigenvalue weighted by atomic mass is 11.0. The van der Waals surface area contributed by atoms with Crippen molar-refractivity contribution in [2.75, 3.05) is 0 Å². The monoisotopic (exact) mass is 330 g/mol. The van der Waals surface area contributed by atoms with Gasteiger partial charge in [0.15, 0.2) is 0 Å². The Bertz CT molecular complexity index is 374. The quantitative estimate of drug-likeness (QED) is 0.398. The van der Waals surface area contributed by atoms with Crippen LogP contribution in [0.5, 0.6) is 0 Å². The van der Waals surface area contributed by atoms with E-state index < -0.39 is 31.3 Å². The molecule has 0 aliphatic carbocycles. The average Bonchev–Trinajstić information content (AvgIpc) is 2.01. The van der Waals surface area contributed by atoms with Crippen molar-refractivity contribution in [2.24, 2.45) is 0 Å². The summed E-state index contributed by atoms with van der Waals surface area (Å²) in [4.78, 5) is 0. The Labute approximate surface area is 98.1 Å². The van der Waals surface area contributed by atoms with Crippen molar-refractivity contribution in [3.63, 3.8) is 0 Å². The van der Waals surface area contributed by atoms with Crippen molar-refractivity contribution < 1.29 is 52.3 Å². The molecule has 0 fully saturated rings. The van der Waals surface area contributed by atoms with Gasteiger partial charge in [0.2, 0.25) is 0 Å². The average molecular weight is 330 g/mol. The Balaban J connectivity index is -0.000000219. The Kier molecular flexibility index (Phi) is 8.91. The molecule has 0 spiro atoms. The highest BCUT2D eigenvalue weighted by molar-refractivity contribution is 7.86. The third-order valence-electron chi connectivity index (χ3n) is 0.585. The van der Waals surface area contributed by atoms with Crippen molar-refractivity contribution in [1.29, 1.82) is 0 Å². The lowest BCUT2D eigenvalue weighted by Gasteiger charge is -1.97.